The molecule has 38 heavy (non-hydrogen) atoms. The van der Waals surface area contributed by atoms with Gasteiger partial charge >= 0.3 is 0 Å². The molecule has 0 aliphatic carbocycles. The molecule has 0 aliphatic rings. The summed E-state index contributed by atoms with van der Waals surface area (Å²) in [7, 11) is -2.63. The monoisotopic (exact) mass is 537 g/mol. The first-order valence-electron chi connectivity index (χ1n) is 12.4. The van der Waals surface area contributed by atoms with Gasteiger partial charge in [0, 0.05) is 13.1 Å². The number of anilines is 1. The zero-order valence-corrected chi connectivity index (χ0v) is 23.3. The number of rotatable bonds is 11. The lowest BCUT2D eigenvalue weighted by Gasteiger charge is -2.32. The fourth-order valence-corrected chi connectivity index (χ4v) is 5.44. The summed E-state index contributed by atoms with van der Waals surface area (Å²) in [6, 6.07) is 19.8. The zero-order valence-electron chi connectivity index (χ0n) is 22.5. The Bertz CT molecular complexity index is 1360. The molecule has 1 N–H and O–H groups in total. The van der Waals surface area contributed by atoms with Gasteiger partial charge < -0.3 is 15.0 Å². The molecule has 0 spiro atoms. The Balaban J connectivity index is 2.02. The predicted molar refractivity (Wildman–Crippen MR) is 149 cm³/mol. The number of amides is 2. The van der Waals surface area contributed by atoms with Crippen LogP contribution in [-0.2, 0) is 26.2 Å². The maximum absolute atomic E-state index is 13.8. The Kier molecular flexibility index (Phi) is 9.52. The van der Waals surface area contributed by atoms with E-state index in [9.17, 15) is 18.0 Å². The average Bonchev–Trinajstić information content (AvgIpc) is 2.90. The number of likely N-dealkylation sites (N-methyl/N-ethyl adjacent to an activating group) is 1. The maximum atomic E-state index is 13.8. The topological polar surface area (TPSA) is 96.0 Å². The van der Waals surface area contributed by atoms with E-state index in [4.69, 9.17) is 4.74 Å². The largest absolute Gasteiger partial charge is 0.497 e. The van der Waals surface area contributed by atoms with Crippen LogP contribution in [0.4, 0.5) is 5.69 Å². The quantitative estimate of drug-likeness (QED) is 0.398. The van der Waals surface area contributed by atoms with Crippen LogP contribution >= 0.6 is 0 Å². The highest BCUT2D eigenvalue weighted by atomic mass is 32.2. The fourth-order valence-electron chi connectivity index (χ4n) is 4.03. The highest BCUT2D eigenvalue weighted by Gasteiger charge is 2.32. The van der Waals surface area contributed by atoms with Crippen LogP contribution in [0.15, 0.2) is 77.7 Å². The number of ether oxygens (including phenoxy) is 1. The van der Waals surface area contributed by atoms with Crippen molar-refractivity contribution in [1.29, 1.82) is 0 Å². The molecule has 3 aromatic carbocycles. The molecule has 0 saturated carbocycles. The smallest absolute Gasteiger partial charge is 0.264 e. The number of methoxy groups -OCH3 is 1. The molecular weight excluding hydrogens is 502 g/mol. The lowest BCUT2D eigenvalue weighted by molar-refractivity contribution is -0.139. The summed E-state index contributed by atoms with van der Waals surface area (Å²) >= 11 is 0. The molecule has 1 atom stereocenters. The molecule has 0 radical (unpaired) electrons. The van der Waals surface area contributed by atoms with Crippen molar-refractivity contribution < 1.29 is 22.7 Å². The minimum atomic E-state index is -4.13. The summed E-state index contributed by atoms with van der Waals surface area (Å²) in [5.74, 6) is -0.293. The van der Waals surface area contributed by atoms with E-state index in [1.54, 1.807) is 50.2 Å². The Morgan fingerprint density at radius 3 is 2.18 bits per heavy atom. The lowest BCUT2D eigenvalue weighted by Crippen LogP contribution is -2.51. The summed E-state index contributed by atoms with van der Waals surface area (Å²) in [6.45, 7) is 7.39. The summed E-state index contributed by atoms with van der Waals surface area (Å²) in [4.78, 5) is 28.0. The van der Waals surface area contributed by atoms with Gasteiger partial charge in [0.05, 0.1) is 17.7 Å². The number of benzene rings is 3. The van der Waals surface area contributed by atoms with Gasteiger partial charge in [-0.05, 0) is 69.7 Å². The van der Waals surface area contributed by atoms with Crippen LogP contribution in [0.25, 0.3) is 0 Å². The second-order valence-electron chi connectivity index (χ2n) is 9.10. The molecule has 1 unspecified atom stereocenters. The van der Waals surface area contributed by atoms with Crippen LogP contribution in [-0.4, -0.2) is 51.4 Å². The average molecular weight is 538 g/mol. The summed E-state index contributed by atoms with van der Waals surface area (Å²) < 4.78 is 33.9. The highest BCUT2D eigenvalue weighted by molar-refractivity contribution is 7.92. The van der Waals surface area contributed by atoms with Crippen molar-refractivity contribution in [2.24, 2.45) is 0 Å². The first-order chi connectivity index (χ1) is 18.1. The fraction of sp³-hybridized carbons (Fsp3) is 0.310. The molecule has 3 aromatic rings. The van der Waals surface area contributed by atoms with E-state index in [2.05, 4.69) is 5.32 Å². The minimum Gasteiger partial charge on any atom is -0.497 e. The molecule has 0 aliphatic heterocycles. The van der Waals surface area contributed by atoms with Crippen molar-refractivity contribution in [3.8, 4) is 5.75 Å². The first kappa shape index (κ1) is 28.7. The van der Waals surface area contributed by atoms with Crippen LogP contribution in [0.3, 0.4) is 0 Å². The summed E-state index contributed by atoms with van der Waals surface area (Å²) in [5, 5.41) is 2.76. The Morgan fingerprint density at radius 1 is 0.947 bits per heavy atom. The lowest BCUT2D eigenvalue weighted by atomic mass is 10.1. The Morgan fingerprint density at radius 2 is 1.61 bits per heavy atom. The summed E-state index contributed by atoms with van der Waals surface area (Å²) in [5.41, 5.74) is 3.16. The van der Waals surface area contributed by atoms with Gasteiger partial charge in [-0.3, -0.25) is 13.9 Å². The molecule has 2 amide bonds. The highest BCUT2D eigenvalue weighted by Crippen LogP contribution is 2.26. The third kappa shape index (κ3) is 6.92. The maximum Gasteiger partial charge on any atom is 0.264 e. The van der Waals surface area contributed by atoms with Crippen molar-refractivity contribution >= 4 is 27.5 Å². The molecule has 8 nitrogen and oxygen atoms in total. The number of aryl methyl sites for hydroxylation is 2. The van der Waals surface area contributed by atoms with Gasteiger partial charge in [-0.25, -0.2) is 8.42 Å². The standard InChI is InChI=1S/C29H35N3O5S/c1-6-30-29(34)23(4)31(19-24-9-7-8-22(3)18-24)28(33)20-32(25-12-10-21(2)11-13-25)38(35,36)27-16-14-26(37-5)15-17-27/h7-18,23H,6,19-20H2,1-5H3,(H,30,34). The molecule has 0 saturated heterocycles. The molecule has 3 rings (SSSR count). The third-order valence-corrected chi connectivity index (χ3v) is 7.99. The van der Waals surface area contributed by atoms with Crippen LogP contribution in [0.2, 0.25) is 0 Å². The zero-order chi connectivity index (χ0) is 27.9. The van der Waals surface area contributed by atoms with Gasteiger partial charge in [-0.1, -0.05) is 47.5 Å². The third-order valence-electron chi connectivity index (χ3n) is 6.20. The molecule has 0 aromatic heterocycles. The number of nitrogens with one attached hydrogen (secondary N) is 1. The molecule has 0 fully saturated rings. The van der Waals surface area contributed by atoms with E-state index in [1.165, 1.54) is 24.1 Å². The second-order valence-corrected chi connectivity index (χ2v) is 11.0. The Hall–Kier alpha value is -3.85. The number of nitrogens with zero attached hydrogens (tertiary/aromatic N) is 2. The first-order valence-corrected chi connectivity index (χ1v) is 13.9. The van der Waals surface area contributed by atoms with Gasteiger partial charge in [-0.15, -0.1) is 0 Å². The molecule has 0 heterocycles. The van der Waals surface area contributed by atoms with Gasteiger partial charge in [0.1, 0.15) is 18.3 Å². The van der Waals surface area contributed by atoms with Crippen molar-refractivity contribution in [3.05, 3.63) is 89.5 Å². The van der Waals surface area contributed by atoms with Gasteiger partial charge in [0.25, 0.3) is 10.0 Å². The van der Waals surface area contributed by atoms with E-state index < -0.39 is 28.5 Å². The van der Waals surface area contributed by atoms with Crippen molar-refractivity contribution in [3.63, 3.8) is 0 Å². The van der Waals surface area contributed by atoms with Gasteiger partial charge in [0.2, 0.25) is 11.8 Å². The number of carbonyl (C=O) groups is 2. The predicted octanol–water partition coefficient (Wildman–Crippen LogP) is 4.06. The van der Waals surface area contributed by atoms with E-state index in [1.807, 2.05) is 38.1 Å². The number of carbonyl (C=O) groups excluding carboxylic acids is 2. The van der Waals surface area contributed by atoms with Crippen LogP contribution in [0.5, 0.6) is 5.75 Å². The van der Waals surface area contributed by atoms with Crippen LogP contribution < -0.4 is 14.4 Å². The van der Waals surface area contributed by atoms with Gasteiger partial charge in [0.15, 0.2) is 0 Å². The van der Waals surface area contributed by atoms with E-state index >= 15 is 0 Å². The van der Waals surface area contributed by atoms with Crippen molar-refractivity contribution in [2.45, 2.75) is 45.2 Å². The summed E-state index contributed by atoms with van der Waals surface area (Å²) in [6.07, 6.45) is 0. The number of hydrogen-bond acceptors (Lipinski definition) is 5. The Labute approximate surface area is 225 Å². The SMILES string of the molecule is CCNC(=O)C(C)N(Cc1cccc(C)c1)C(=O)CN(c1ccc(C)cc1)S(=O)(=O)c1ccc(OC)cc1. The molecule has 9 heteroatoms. The van der Waals surface area contributed by atoms with Crippen LogP contribution in [0.1, 0.15) is 30.5 Å². The van der Waals surface area contributed by atoms with Crippen LogP contribution in [0, 0.1) is 13.8 Å². The van der Waals surface area contributed by atoms with Crippen molar-refractivity contribution in [1.82, 2.24) is 10.2 Å². The molecule has 0 bridgehead atoms. The number of hydrogen-bond donors (Lipinski definition) is 1. The van der Waals surface area contributed by atoms with E-state index in [0.717, 1.165) is 21.0 Å². The second kappa shape index (κ2) is 12.6. The van der Waals surface area contributed by atoms with E-state index in [0.29, 0.717) is 18.0 Å². The normalized spacial score (nSPS) is 11.9. The molecular formula is C29H35N3O5S. The minimum absolute atomic E-state index is 0.0219. The molecule has 202 valence electrons. The van der Waals surface area contributed by atoms with E-state index in [-0.39, 0.29) is 17.3 Å². The van der Waals surface area contributed by atoms with Gasteiger partial charge in [-0.2, -0.15) is 0 Å². The van der Waals surface area contributed by atoms with Crippen molar-refractivity contribution in [2.75, 3.05) is 24.5 Å². The number of sulfonamides is 1.